The molecule has 4 rings (SSSR count). The van der Waals surface area contributed by atoms with E-state index in [0.29, 0.717) is 32.7 Å². The molecule has 3 aromatic carbocycles. The van der Waals surface area contributed by atoms with Crippen LogP contribution in [0.25, 0.3) is 0 Å². The number of nitrogens with one attached hydrogen (secondary N) is 2. The lowest BCUT2D eigenvalue weighted by Crippen LogP contribution is -2.32. The van der Waals surface area contributed by atoms with Crippen molar-refractivity contribution in [3.8, 4) is 0 Å². The molecule has 0 bridgehead atoms. The predicted molar refractivity (Wildman–Crippen MR) is 136 cm³/mol. The lowest BCUT2D eigenvalue weighted by molar-refractivity contribution is -0.120. The number of nitrogens with zero attached hydrogens (tertiary/aromatic N) is 1. The molecule has 1 heterocycles. The fourth-order valence-electron chi connectivity index (χ4n) is 3.59. The zero-order chi connectivity index (χ0) is 24.6. The summed E-state index contributed by atoms with van der Waals surface area (Å²) in [5.74, 6) is -1.59. The molecule has 0 radical (unpaired) electrons. The number of halogens is 3. The number of carbonyl (C=O) groups excluding carboxylic acids is 3. The molecule has 0 aliphatic carbocycles. The van der Waals surface area contributed by atoms with Crippen molar-refractivity contribution in [3.63, 3.8) is 0 Å². The van der Waals surface area contributed by atoms with Gasteiger partial charge in [0.25, 0.3) is 17.7 Å². The van der Waals surface area contributed by atoms with Gasteiger partial charge in [-0.1, -0.05) is 46.9 Å². The third-order valence-electron chi connectivity index (χ3n) is 5.06. The molecule has 1 aliphatic rings. The van der Waals surface area contributed by atoms with Crippen LogP contribution >= 0.6 is 34.8 Å². The smallest absolute Gasteiger partial charge is 0.283 e. The Morgan fingerprint density at radius 2 is 1.50 bits per heavy atom. The molecule has 9 heteroatoms. The molecule has 2 N–H and O–H groups in total. The maximum atomic E-state index is 13.1. The fraction of sp³-hybridized carbons (Fsp3) is 0.0800. The van der Waals surface area contributed by atoms with E-state index in [9.17, 15) is 14.4 Å². The number of imide groups is 1. The molecule has 0 fully saturated rings. The number of hydrogen-bond acceptors (Lipinski definition) is 4. The summed E-state index contributed by atoms with van der Waals surface area (Å²) >= 11 is 18.2. The van der Waals surface area contributed by atoms with Crippen LogP contribution in [0.15, 0.2) is 71.4 Å². The minimum atomic E-state index is -0.618. The maximum absolute atomic E-state index is 13.1. The third kappa shape index (κ3) is 4.80. The molecular formula is C25H18Cl3N3O3. The Morgan fingerprint density at radius 3 is 2.18 bits per heavy atom. The van der Waals surface area contributed by atoms with Gasteiger partial charge in [-0.05, 0) is 73.5 Å². The van der Waals surface area contributed by atoms with Crippen LogP contribution in [0.3, 0.4) is 0 Å². The van der Waals surface area contributed by atoms with Crippen LogP contribution in [0.1, 0.15) is 21.5 Å². The quantitative estimate of drug-likeness (QED) is 0.392. The van der Waals surface area contributed by atoms with Gasteiger partial charge in [0, 0.05) is 16.9 Å². The van der Waals surface area contributed by atoms with Crippen molar-refractivity contribution in [1.29, 1.82) is 0 Å². The van der Waals surface area contributed by atoms with Crippen molar-refractivity contribution in [3.05, 3.63) is 98.1 Å². The van der Waals surface area contributed by atoms with Crippen LogP contribution in [0.4, 0.5) is 17.1 Å². The monoisotopic (exact) mass is 513 g/mol. The highest BCUT2D eigenvalue weighted by molar-refractivity contribution is 6.53. The Balaban J connectivity index is 1.55. The molecule has 1 aliphatic heterocycles. The molecule has 3 aromatic rings. The number of amides is 3. The van der Waals surface area contributed by atoms with E-state index in [1.807, 2.05) is 19.9 Å². The second-order valence-electron chi connectivity index (χ2n) is 7.77. The van der Waals surface area contributed by atoms with Crippen LogP contribution in [-0.2, 0) is 9.59 Å². The Morgan fingerprint density at radius 1 is 0.794 bits per heavy atom. The summed E-state index contributed by atoms with van der Waals surface area (Å²) in [6, 6.07) is 16.6. The van der Waals surface area contributed by atoms with Gasteiger partial charge in [-0.3, -0.25) is 14.4 Å². The highest BCUT2D eigenvalue weighted by atomic mass is 35.5. The van der Waals surface area contributed by atoms with Gasteiger partial charge in [0.1, 0.15) is 10.7 Å². The van der Waals surface area contributed by atoms with Crippen molar-refractivity contribution >= 4 is 69.6 Å². The van der Waals surface area contributed by atoms with Crippen LogP contribution in [0.5, 0.6) is 0 Å². The van der Waals surface area contributed by atoms with Crippen molar-refractivity contribution in [1.82, 2.24) is 0 Å². The normalized spacial score (nSPS) is 13.5. The van der Waals surface area contributed by atoms with Gasteiger partial charge in [-0.25, -0.2) is 4.90 Å². The summed E-state index contributed by atoms with van der Waals surface area (Å²) in [4.78, 5) is 39.6. The number of hydrogen-bond donors (Lipinski definition) is 2. The van der Waals surface area contributed by atoms with Crippen molar-refractivity contribution in [2.75, 3.05) is 15.5 Å². The summed E-state index contributed by atoms with van der Waals surface area (Å²) in [5, 5.41) is 6.09. The Kier molecular flexibility index (Phi) is 6.66. The van der Waals surface area contributed by atoms with Gasteiger partial charge in [0.2, 0.25) is 0 Å². The summed E-state index contributed by atoms with van der Waals surface area (Å²) in [7, 11) is 0. The summed E-state index contributed by atoms with van der Waals surface area (Å²) in [6.45, 7) is 3.76. The van der Waals surface area contributed by atoms with Crippen LogP contribution in [0, 0.1) is 13.8 Å². The van der Waals surface area contributed by atoms with E-state index in [4.69, 9.17) is 34.8 Å². The zero-order valence-electron chi connectivity index (χ0n) is 18.1. The average Bonchev–Trinajstić information content (AvgIpc) is 2.99. The van der Waals surface area contributed by atoms with Gasteiger partial charge >= 0.3 is 0 Å². The standard InChI is InChI=1S/C25H18Cl3N3O3/c1-13-8-14(2)10-18(9-13)31-24(33)21(28)22(25(31)34)29-16-5-3-4-15(11-16)23(32)30-17-6-7-19(26)20(27)12-17/h3-12,29H,1-2H3,(H,30,32). The highest BCUT2D eigenvalue weighted by Crippen LogP contribution is 2.31. The summed E-state index contributed by atoms with van der Waals surface area (Å²) in [5.41, 5.74) is 3.41. The summed E-state index contributed by atoms with van der Waals surface area (Å²) in [6.07, 6.45) is 0. The SMILES string of the molecule is Cc1cc(C)cc(N2C(=O)C(Cl)=C(Nc3cccc(C(=O)Nc4ccc(Cl)c(Cl)c4)c3)C2=O)c1. The first-order valence-electron chi connectivity index (χ1n) is 10.1. The first kappa shape index (κ1) is 23.8. The minimum Gasteiger partial charge on any atom is -0.350 e. The largest absolute Gasteiger partial charge is 0.350 e. The van der Waals surface area contributed by atoms with Gasteiger partial charge in [-0.15, -0.1) is 0 Å². The molecule has 3 amide bonds. The van der Waals surface area contributed by atoms with Crippen LogP contribution < -0.4 is 15.5 Å². The number of rotatable bonds is 5. The number of aryl methyl sites for hydroxylation is 2. The average molecular weight is 515 g/mol. The van der Waals surface area contributed by atoms with E-state index in [1.165, 1.54) is 0 Å². The number of anilines is 3. The topological polar surface area (TPSA) is 78.5 Å². The van der Waals surface area contributed by atoms with E-state index in [0.717, 1.165) is 16.0 Å². The van der Waals surface area contributed by atoms with E-state index < -0.39 is 17.7 Å². The highest BCUT2D eigenvalue weighted by Gasteiger charge is 2.39. The maximum Gasteiger partial charge on any atom is 0.283 e. The van der Waals surface area contributed by atoms with Crippen molar-refractivity contribution in [2.24, 2.45) is 0 Å². The van der Waals surface area contributed by atoms with E-state index in [-0.39, 0.29) is 10.7 Å². The number of carbonyl (C=O) groups is 3. The van der Waals surface area contributed by atoms with E-state index >= 15 is 0 Å². The van der Waals surface area contributed by atoms with E-state index in [2.05, 4.69) is 10.6 Å². The molecule has 0 aromatic heterocycles. The molecule has 0 saturated carbocycles. The van der Waals surface area contributed by atoms with Crippen LogP contribution in [0.2, 0.25) is 10.0 Å². The predicted octanol–water partition coefficient (Wildman–Crippen LogP) is 6.30. The first-order valence-corrected chi connectivity index (χ1v) is 11.3. The van der Waals surface area contributed by atoms with Gasteiger partial charge in [-0.2, -0.15) is 0 Å². The molecule has 0 saturated heterocycles. The Bertz CT molecular complexity index is 1360. The fourth-order valence-corrected chi connectivity index (χ4v) is 4.10. The van der Waals surface area contributed by atoms with Gasteiger partial charge in [0.05, 0.1) is 15.7 Å². The van der Waals surface area contributed by atoms with Crippen LogP contribution in [-0.4, -0.2) is 17.7 Å². The molecule has 34 heavy (non-hydrogen) atoms. The molecule has 0 spiro atoms. The first-order chi connectivity index (χ1) is 16.1. The molecule has 6 nitrogen and oxygen atoms in total. The van der Waals surface area contributed by atoms with E-state index in [1.54, 1.807) is 54.6 Å². The summed E-state index contributed by atoms with van der Waals surface area (Å²) < 4.78 is 0. The number of benzene rings is 3. The lowest BCUT2D eigenvalue weighted by atomic mass is 10.1. The van der Waals surface area contributed by atoms with Crippen molar-refractivity contribution in [2.45, 2.75) is 13.8 Å². The zero-order valence-corrected chi connectivity index (χ0v) is 20.3. The molecular weight excluding hydrogens is 497 g/mol. The minimum absolute atomic E-state index is 0.0622. The Labute approximate surface area is 211 Å². The van der Waals surface area contributed by atoms with Gasteiger partial charge in [0.15, 0.2) is 0 Å². The van der Waals surface area contributed by atoms with Crippen molar-refractivity contribution < 1.29 is 14.4 Å². The molecule has 0 atom stereocenters. The molecule has 172 valence electrons. The second kappa shape index (κ2) is 9.50. The second-order valence-corrected chi connectivity index (χ2v) is 8.96. The molecule has 0 unspecified atom stereocenters. The third-order valence-corrected chi connectivity index (χ3v) is 6.15. The lowest BCUT2D eigenvalue weighted by Gasteiger charge is -2.16. The Hall–Kier alpha value is -3.32. The van der Waals surface area contributed by atoms with Gasteiger partial charge < -0.3 is 10.6 Å².